The summed E-state index contributed by atoms with van der Waals surface area (Å²) in [5, 5.41) is 8.02. The van der Waals surface area contributed by atoms with Crippen LogP contribution in [-0.4, -0.2) is 13.0 Å². The number of anilines is 1. The molecule has 0 atom stereocenters. The van der Waals surface area contributed by atoms with E-state index in [1.54, 1.807) is 24.7 Å². The smallest absolute Gasteiger partial charge is 0.228 e. The highest BCUT2D eigenvalue weighted by molar-refractivity contribution is 7.08. The largest absolute Gasteiger partial charge is 0.497 e. The number of hydrogen-bond acceptors (Lipinski definition) is 4. The molecule has 1 amide bonds. The van der Waals surface area contributed by atoms with Gasteiger partial charge in [0.05, 0.1) is 19.8 Å². The van der Waals surface area contributed by atoms with Crippen LogP contribution in [-0.2, 0) is 11.2 Å². The normalized spacial score (nSPS) is 10.8. The van der Waals surface area contributed by atoms with Crippen molar-refractivity contribution in [2.75, 3.05) is 12.4 Å². The number of ether oxygens (including phenoxy) is 1. The predicted molar refractivity (Wildman–Crippen MR) is 105 cm³/mol. The monoisotopic (exact) mass is 363 g/mol. The Morgan fingerprint density at radius 3 is 2.88 bits per heavy atom. The highest BCUT2D eigenvalue weighted by Gasteiger charge is 2.12. The van der Waals surface area contributed by atoms with Crippen molar-refractivity contribution < 1.29 is 13.9 Å². The van der Waals surface area contributed by atoms with Gasteiger partial charge in [0.1, 0.15) is 11.3 Å². The first-order chi connectivity index (χ1) is 12.7. The van der Waals surface area contributed by atoms with Crippen LogP contribution in [0.3, 0.4) is 0 Å². The third-order valence-corrected chi connectivity index (χ3v) is 4.90. The molecular formula is C21H17NO3S. The number of nitrogens with one attached hydrogen (secondary N) is 1. The molecule has 2 aromatic heterocycles. The first kappa shape index (κ1) is 16.4. The maximum atomic E-state index is 12.5. The zero-order valence-electron chi connectivity index (χ0n) is 14.2. The van der Waals surface area contributed by atoms with Crippen molar-refractivity contribution in [3.63, 3.8) is 0 Å². The summed E-state index contributed by atoms with van der Waals surface area (Å²) < 4.78 is 10.7. The molecule has 0 aliphatic heterocycles. The molecule has 0 bridgehead atoms. The Balaban J connectivity index is 1.50. The van der Waals surface area contributed by atoms with Crippen molar-refractivity contribution in [1.29, 1.82) is 0 Å². The molecule has 0 aliphatic carbocycles. The van der Waals surface area contributed by atoms with E-state index in [9.17, 15) is 4.79 Å². The van der Waals surface area contributed by atoms with Gasteiger partial charge in [-0.25, -0.2) is 0 Å². The van der Waals surface area contributed by atoms with E-state index >= 15 is 0 Å². The number of amides is 1. The predicted octanol–water partition coefficient (Wildman–Crippen LogP) is 5.35. The van der Waals surface area contributed by atoms with Gasteiger partial charge in [0, 0.05) is 22.7 Å². The molecule has 4 nitrogen and oxygen atoms in total. The molecule has 0 aliphatic rings. The summed E-state index contributed by atoms with van der Waals surface area (Å²) in [6.07, 6.45) is 1.88. The zero-order chi connectivity index (χ0) is 17.9. The molecular weight excluding hydrogens is 346 g/mol. The van der Waals surface area contributed by atoms with Crippen LogP contribution >= 0.6 is 11.3 Å². The minimum atomic E-state index is -0.0778. The van der Waals surface area contributed by atoms with Crippen molar-refractivity contribution in [1.82, 2.24) is 0 Å². The Hall–Kier alpha value is -3.05. The van der Waals surface area contributed by atoms with E-state index in [4.69, 9.17) is 9.15 Å². The fourth-order valence-corrected chi connectivity index (χ4v) is 3.58. The lowest BCUT2D eigenvalue weighted by Crippen LogP contribution is -2.14. The van der Waals surface area contributed by atoms with Crippen LogP contribution < -0.4 is 10.1 Å². The SMILES string of the molecule is COc1ccc2c(CC(=O)Nc3cccc(-c4ccsc4)c3)coc2c1. The lowest BCUT2D eigenvalue weighted by atomic mass is 10.1. The van der Waals surface area contributed by atoms with E-state index < -0.39 is 0 Å². The number of benzene rings is 2. The minimum absolute atomic E-state index is 0.0778. The van der Waals surface area contributed by atoms with Gasteiger partial charge in [-0.15, -0.1) is 0 Å². The summed E-state index contributed by atoms with van der Waals surface area (Å²) >= 11 is 1.65. The van der Waals surface area contributed by atoms with E-state index in [1.165, 1.54) is 0 Å². The molecule has 0 saturated carbocycles. The molecule has 1 N–H and O–H groups in total. The van der Waals surface area contributed by atoms with Crippen LogP contribution in [0.4, 0.5) is 5.69 Å². The Labute approximate surface area is 155 Å². The first-order valence-electron chi connectivity index (χ1n) is 8.19. The Bertz CT molecular complexity index is 1050. The molecule has 26 heavy (non-hydrogen) atoms. The summed E-state index contributed by atoms with van der Waals surface area (Å²) in [7, 11) is 1.61. The maximum absolute atomic E-state index is 12.5. The van der Waals surface area contributed by atoms with Gasteiger partial charge in [-0.2, -0.15) is 11.3 Å². The molecule has 2 heterocycles. The molecule has 4 rings (SSSR count). The number of thiophene rings is 1. The number of carbonyl (C=O) groups excluding carboxylic acids is 1. The second-order valence-corrected chi connectivity index (χ2v) is 6.72. The van der Waals surface area contributed by atoms with E-state index in [0.29, 0.717) is 5.58 Å². The maximum Gasteiger partial charge on any atom is 0.228 e. The van der Waals surface area contributed by atoms with Gasteiger partial charge < -0.3 is 14.5 Å². The molecule has 2 aromatic carbocycles. The van der Waals surface area contributed by atoms with Crippen LogP contribution in [0.5, 0.6) is 5.75 Å². The lowest BCUT2D eigenvalue weighted by Gasteiger charge is -2.07. The minimum Gasteiger partial charge on any atom is -0.497 e. The molecule has 4 aromatic rings. The second-order valence-electron chi connectivity index (χ2n) is 5.94. The fraction of sp³-hybridized carbons (Fsp3) is 0.0952. The van der Waals surface area contributed by atoms with E-state index in [0.717, 1.165) is 33.5 Å². The van der Waals surface area contributed by atoms with Crippen LogP contribution in [0.1, 0.15) is 5.56 Å². The summed E-state index contributed by atoms with van der Waals surface area (Å²) in [5.41, 5.74) is 4.60. The van der Waals surface area contributed by atoms with Crippen LogP contribution in [0.2, 0.25) is 0 Å². The number of fused-ring (bicyclic) bond motifs is 1. The van der Waals surface area contributed by atoms with Gasteiger partial charge in [-0.1, -0.05) is 12.1 Å². The highest BCUT2D eigenvalue weighted by atomic mass is 32.1. The highest BCUT2D eigenvalue weighted by Crippen LogP contribution is 2.27. The molecule has 0 spiro atoms. The molecule has 5 heteroatoms. The molecule has 0 fully saturated rings. The van der Waals surface area contributed by atoms with Crippen LogP contribution in [0, 0.1) is 0 Å². The van der Waals surface area contributed by atoms with Crippen molar-refractivity contribution in [3.8, 4) is 16.9 Å². The number of methoxy groups -OCH3 is 1. The number of carbonyl (C=O) groups is 1. The summed E-state index contributed by atoms with van der Waals surface area (Å²) in [6, 6.07) is 15.5. The Morgan fingerprint density at radius 1 is 1.15 bits per heavy atom. The average molecular weight is 363 g/mol. The van der Waals surface area contributed by atoms with E-state index in [2.05, 4.69) is 16.8 Å². The number of furan rings is 1. The molecule has 130 valence electrons. The van der Waals surface area contributed by atoms with Crippen molar-refractivity contribution in [3.05, 3.63) is 71.1 Å². The number of hydrogen-bond donors (Lipinski definition) is 1. The molecule has 0 radical (unpaired) electrons. The lowest BCUT2D eigenvalue weighted by molar-refractivity contribution is -0.115. The van der Waals surface area contributed by atoms with Crippen molar-refractivity contribution in [2.24, 2.45) is 0 Å². The standard InChI is InChI=1S/C21H17NO3S/c1-24-18-5-6-19-16(12-25-20(19)11-18)10-21(23)22-17-4-2-3-14(9-17)15-7-8-26-13-15/h2-9,11-13H,10H2,1H3,(H,22,23). The van der Waals surface area contributed by atoms with Gasteiger partial charge >= 0.3 is 0 Å². The van der Waals surface area contributed by atoms with Crippen molar-refractivity contribution >= 4 is 33.9 Å². The van der Waals surface area contributed by atoms with Gasteiger partial charge in [-0.05, 0) is 52.2 Å². The fourth-order valence-electron chi connectivity index (χ4n) is 2.91. The third-order valence-electron chi connectivity index (χ3n) is 4.21. The van der Waals surface area contributed by atoms with E-state index in [-0.39, 0.29) is 12.3 Å². The van der Waals surface area contributed by atoms with Crippen LogP contribution in [0.15, 0.2) is 70.0 Å². The van der Waals surface area contributed by atoms with Gasteiger partial charge in [0.15, 0.2) is 0 Å². The first-order valence-corrected chi connectivity index (χ1v) is 9.14. The molecule has 0 saturated heterocycles. The Kier molecular flexibility index (Phi) is 4.46. The quantitative estimate of drug-likeness (QED) is 0.520. The number of rotatable bonds is 5. The van der Waals surface area contributed by atoms with Gasteiger partial charge in [-0.3, -0.25) is 4.79 Å². The Morgan fingerprint density at radius 2 is 2.08 bits per heavy atom. The van der Waals surface area contributed by atoms with Crippen LogP contribution in [0.25, 0.3) is 22.1 Å². The average Bonchev–Trinajstić information content (AvgIpc) is 3.32. The summed E-state index contributed by atoms with van der Waals surface area (Å²) in [6.45, 7) is 0. The zero-order valence-corrected chi connectivity index (χ0v) is 15.0. The second kappa shape index (κ2) is 7.06. The van der Waals surface area contributed by atoms with Gasteiger partial charge in [0.2, 0.25) is 5.91 Å². The summed E-state index contributed by atoms with van der Waals surface area (Å²) in [4.78, 5) is 12.5. The van der Waals surface area contributed by atoms with E-state index in [1.807, 2.05) is 47.8 Å². The third kappa shape index (κ3) is 3.34. The van der Waals surface area contributed by atoms with Crippen molar-refractivity contribution in [2.45, 2.75) is 6.42 Å². The summed E-state index contributed by atoms with van der Waals surface area (Å²) in [5.74, 6) is 0.652. The topological polar surface area (TPSA) is 51.5 Å². The molecule has 0 unspecified atom stereocenters. The van der Waals surface area contributed by atoms with Gasteiger partial charge in [0.25, 0.3) is 0 Å².